The van der Waals surface area contributed by atoms with Crippen molar-refractivity contribution in [3.05, 3.63) is 59.5 Å². The van der Waals surface area contributed by atoms with Crippen LogP contribution in [-0.2, 0) is 5.92 Å². The Morgan fingerprint density at radius 2 is 2.03 bits per heavy atom. The first-order valence-electron chi connectivity index (χ1n) is 11.2. The summed E-state index contributed by atoms with van der Waals surface area (Å²) in [6, 6.07) is 6.48. The first-order chi connectivity index (χ1) is 16.6. The van der Waals surface area contributed by atoms with Crippen molar-refractivity contribution in [3.8, 4) is 17.1 Å². The van der Waals surface area contributed by atoms with Crippen LogP contribution in [0.4, 0.5) is 13.2 Å². The van der Waals surface area contributed by atoms with Gasteiger partial charge in [-0.05, 0) is 36.6 Å². The smallest absolute Gasteiger partial charge is 0.289 e. The van der Waals surface area contributed by atoms with Gasteiger partial charge in [-0.3, -0.25) is 9.78 Å². The van der Waals surface area contributed by atoms with Crippen molar-refractivity contribution in [3.63, 3.8) is 0 Å². The Morgan fingerprint density at radius 1 is 1.26 bits per heavy atom. The molecule has 0 spiro atoms. The summed E-state index contributed by atoms with van der Waals surface area (Å²) in [5, 5.41) is 15.0. The third kappa shape index (κ3) is 6.56. The molecule has 188 valence electrons. The number of nitrogens with zero attached hydrogens (tertiary/aromatic N) is 3. The van der Waals surface area contributed by atoms with Crippen LogP contribution in [0, 0.1) is 11.7 Å². The number of ether oxygens (including phenoxy) is 1. The molecule has 2 N–H and O–H groups in total. The van der Waals surface area contributed by atoms with Crippen LogP contribution in [0.3, 0.4) is 0 Å². The molecular weight excluding hydrogens is 465 g/mol. The number of hydrogen-bond donors (Lipinski definition) is 2. The van der Waals surface area contributed by atoms with Crippen LogP contribution < -0.4 is 10.1 Å². The van der Waals surface area contributed by atoms with Crippen LogP contribution in [0.5, 0.6) is 5.75 Å². The maximum Gasteiger partial charge on any atom is 0.289 e. The van der Waals surface area contributed by atoms with E-state index in [-0.39, 0.29) is 59.8 Å². The number of benzene rings is 1. The largest absolute Gasteiger partial charge is 0.479 e. The Morgan fingerprint density at radius 3 is 2.63 bits per heavy atom. The van der Waals surface area contributed by atoms with Crippen molar-refractivity contribution >= 4 is 5.91 Å². The predicted molar refractivity (Wildman–Crippen MR) is 120 cm³/mol. The minimum Gasteiger partial charge on any atom is -0.479 e. The van der Waals surface area contributed by atoms with Gasteiger partial charge in [-0.25, -0.2) is 4.39 Å². The number of carbonyl (C=O) groups is 1. The first-order valence-corrected chi connectivity index (χ1v) is 11.2. The molecule has 1 aromatic carbocycles. The summed E-state index contributed by atoms with van der Waals surface area (Å²) in [7, 11) is 0. The first kappa shape index (κ1) is 26.1. The Balaban J connectivity index is 1.72. The molecule has 1 atom stereocenters. The summed E-state index contributed by atoms with van der Waals surface area (Å²) in [6.45, 7) is 4.99. The normalized spacial score (nSPS) is 12.6. The van der Waals surface area contributed by atoms with E-state index in [4.69, 9.17) is 14.4 Å². The molecule has 0 saturated carbocycles. The summed E-state index contributed by atoms with van der Waals surface area (Å²) in [5.74, 6) is -4.21. The van der Waals surface area contributed by atoms with E-state index in [0.717, 1.165) is 6.07 Å². The lowest BCUT2D eigenvalue weighted by atomic mass is 10.0. The predicted octanol–water partition coefficient (Wildman–Crippen LogP) is 4.66. The quantitative estimate of drug-likeness (QED) is 0.401. The fourth-order valence-corrected chi connectivity index (χ4v) is 3.34. The average Bonchev–Trinajstić information content (AvgIpc) is 3.30. The molecule has 3 aromatic rings. The summed E-state index contributed by atoms with van der Waals surface area (Å²) >= 11 is 0. The fourth-order valence-electron chi connectivity index (χ4n) is 3.34. The number of halogens is 3. The van der Waals surface area contributed by atoms with Crippen molar-refractivity contribution in [1.29, 1.82) is 0 Å². The van der Waals surface area contributed by atoms with Crippen molar-refractivity contribution in [2.45, 2.75) is 45.6 Å². The van der Waals surface area contributed by atoms with Gasteiger partial charge in [0.2, 0.25) is 5.82 Å². The monoisotopic (exact) mass is 492 g/mol. The number of hydrogen-bond acceptors (Lipinski definition) is 7. The number of pyridine rings is 1. The van der Waals surface area contributed by atoms with Crippen LogP contribution in [-0.4, -0.2) is 39.3 Å². The lowest BCUT2D eigenvalue weighted by Crippen LogP contribution is -2.27. The maximum atomic E-state index is 14.4. The Kier molecular flexibility index (Phi) is 8.44. The summed E-state index contributed by atoms with van der Waals surface area (Å²) < 4.78 is 54.0. The van der Waals surface area contributed by atoms with Gasteiger partial charge in [-0.2, -0.15) is 13.8 Å². The number of nitrogens with one attached hydrogen (secondary N) is 1. The lowest BCUT2D eigenvalue weighted by molar-refractivity contribution is -0.0292. The minimum atomic E-state index is -3.04. The van der Waals surface area contributed by atoms with Crippen molar-refractivity contribution in [2.24, 2.45) is 5.92 Å². The van der Waals surface area contributed by atoms with Gasteiger partial charge in [0, 0.05) is 18.5 Å². The zero-order valence-electron chi connectivity index (χ0n) is 19.6. The number of rotatable bonds is 11. The molecule has 8 nitrogen and oxygen atoms in total. The van der Waals surface area contributed by atoms with Crippen LogP contribution in [0.25, 0.3) is 11.4 Å². The van der Waals surface area contributed by atoms with Crippen LogP contribution in [0.15, 0.2) is 41.1 Å². The van der Waals surface area contributed by atoms with E-state index in [2.05, 4.69) is 20.4 Å². The van der Waals surface area contributed by atoms with E-state index in [1.54, 1.807) is 13.8 Å². The summed E-state index contributed by atoms with van der Waals surface area (Å²) in [4.78, 5) is 20.0. The minimum absolute atomic E-state index is 0.00521. The van der Waals surface area contributed by atoms with Gasteiger partial charge in [-0.1, -0.05) is 32.0 Å². The molecule has 0 fully saturated rings. The maximum absolute atomic E-state index is 14.4. The molecule has 0 aliphatic heterocycles. The number of aliphatic hydroxyl groups is 1. The van der Waals surface area contributed by atoms with Gasteiger partial charge >= 0.3 is 0 Å². The van der Waals surface area contributed by atoms with Crippen molar-refractivity contribution < 1.29 is 32.3 Å². The van der Waals surface area contributed by atoms with Gasteiger partial charge in [0.15, 0.2) is 6.10 Å². The molecule has 0 aliphatic carbocycles. The third-order valence-electron chi connectivity index (χ3n) is 5.01. The molecule has 2 heterocycles. The van der Waals surface area contributed by atoms with E-state index in [0.29, 0.717) is 6.42 Å². The number of amides is 1. The second-order valence-electron chi connectivity index (χ2n) is 8.33. The SMILES string of the molecule is CC[C@@H](Oc1ccc(C(F)(F)CC(C)C)nc1)c1nc(-c2ccc(C(=O)NCCO)c(F)c2)no1. The van der Waals surface area contributed by atoms with Crippen LogP contribution >= 0.6 is 0 Å². The molecule has 0 saturated heterocycles. The summed E-state index contributed by atoms with van der Waals surface area (Å²) in [6.07, 6.45) is 0.649. The molecule has 0 bridgehead atoms. The van der Waals surface area contributed by atoms with Gasteiger partial charge in [-0.15, -0.1) is 0 Å². The molecule has 0 radical (unpaired) electrons. The number of alkyl halides is 2. The molecule has 1 amide bonds. The number of carbonyl (C=O) groups excluding carboxylic acids is 1. The molecule has 0 aliphatic rings. The topological polar surface area (TPSA) is 110 Å². The highest BCUT2D eigenvalue weighted by atomic mass is 19.3. The second-order valence-corrected chi connectivity index (χ2v) is 8.33. The zero-order valence-corrected chi connectivity index (χ0v) is 19.6. The van der Waals surface area contributed by atoms with E-state index >= 15 is 0 Å². The molecule has 11 heteroatoms. The molecule has 2 aromatic heterocycles. The van der Waals surface area contributed by atoms with Gasteiger partial charge in [0.1, 0.15) is 17.3 Å². The molecule has 35 heavy (non-hydrogen) atoms. The van der Waals surface area contributed by atoms with Crippen molar-refractivity contribution in [2.75, 3.05) is 13.2 Å². The Hall–Kier alpha value is -3.47. The Bertz CT molecular complexity index is 1140. The van der Waals surface area contributed by atoms with Crippen molar-refractivity contribution in [1.82, 2.24) is 20.4 Å². The molecular formula is C24H27F3N4O4. The van der Waals surface area contributed by atoms with E-state index < -0.39 is 23.8 Å². The van der Waals surface area contributed by atoms with Gasteiger partial charge < -0.3 is 19.7 Å². The van der Waals surface area contributed by atoms with Gasteiger partial charge in [0.25, 0.3) is 17.7 Å². The highest BCUT2D eigenvalue weighted by Gasteiger charge is 2.34. The fraction of sp³-hybridized carbons (Fsp3) is 0.417. The van der Waals surface area contributed by atoms with E-state index in [9.17, 15) is 18.0 Å². The van der Waals surface area contributed by atoms with Crippen LogP contribution in [0.1, 0.15) is 61.7 Å². The Labute approximate surface area is 200 Å². The second kappa shape index (κ2) is 11.3. The number of aliphatic hydroxyl groups excluding tert-OH is 1. The third-order valence-corrected chi connectivity index (χ3v) is 5.01. The van der Waals surface area contributed by atoms with Gasteiger partial charge in [0.05, 0.1) is 18.4 Å². The molecule has 3 rings (SSSR count). The molecule has 0 unspecified atom stereocenters. The van der Waals surface area contributed by atoms with E-state index in [1.807, 2.05) is 6.92 Å². The van der Waals surface area contributed by atoms with E-state index in [1.165, 1.54) is 30.5 Å². The highest BCUT2D eigenvalue weighted by Crippen LogP contribution is 2.34. The zero-order chi connectivity index (χ0) is 25.6. The lowest BCUT2D eigenvalue weighted by Gasteiger charge is -2.18. The highest BCUT2D eigenvalue weighted by molar-refractivity contribution is 5.94. The van der Waals surface area contributed by atoms with Crippen LogP contribution in [0.2, 0.25) is 0 Å². The average molecular weight is 492 g/mol. The standard InChI is InChI=1S/C24H27F3N4O4/c1-4-19(34-16-6-8-20(29-13-16)24(26,27)12-14(2)3)23-30-21(31-35-23)15-5-7-17(18(25)11-15)22(33)28-9-10-32/h5-8,11,13-14,19,32H,4,9-10,12H2,1-3H3,(H,28,33)/t19-/m1/s1. The summed E-state index contributed by atoms with van der Waals surface area (Å²) in [5.41, 5.74) is -0.234. The number of aromatic nitrogens is 3.